The summed E-state index contributed by atoms with van der Waals surface area (Å²) in [5.74, 6) is 0.565. The van der Waals surface area contributed by atoms with E-state index in [0.717, 1.165) is 18.4 Å². The molecule has 0 atom stereocenters. The van der Waals surface area contributed by atoms with E-state index in [-0.39, 0.29) is 17.1 Å². The third-order valence-electron chi connectivity index (χ3n) is 5.57. The molecule has 0 unspecified atom stereocenters. The molecule has 0 spiro atoms. The fourth-order valence-corrected chi connectivity index (χ4v) is 3.70. The van der Waals surface area contributed by atoms with Gasteiger partial charge in [-0.3, -0.25) is 0 Å². The SMILES string of the molecule is CCCCCCCCCCCCCCCCCC(O)=C1C=CC=C1.[Fe].c1cc[cH-]c1. The van der Waals surface area contributed by atoms with Crippen molar-refractivity contribution in [3.05, 3.63) is 66.0 Å². The van der Waals surface area contributed by atoms with Crippen LogP contribution in [0.5, 0.6) is 0 Å². The molecule has 0 bridgehead atoms. The van der Waals surface area contributed by atoms with Gasteiger partial charge in [-0.05, 0) is 6.42 Å². The minimum atomic E-state index is 0. The second-order valence-electron chi connectivity index (χ2n) is 8.28. The smallest absolute Gasteiger partial charge is 0.0994 e. The molecule has 0 amide bonds. The van der Waals surface area contributed by atoms with Gasteiger partial charge in [-0.2, -0.15) is 18.2 Å². The topological polar surface area (TPSA) is 20.2 Å². The van der Waals surface area contributed by atoms with Crippen molar-refractivity contribution in [1.82, 2.24) is 0 Å². The zero-order valence-electron chi connectivity index (χ0n) is 19.3. The Labute approximate surface area is 197 Å². The summed E-state index contributed by atoms with van der Waals surface area (Å²) in [5, 5.41) is 9.93. The molecule has 1 N–H and O–H groups in total. The van der Waals surface area contributed by atoms with E-state index in [4.69, 9.17) is 0 Å². The number of hydrogen-bond acceptors (Lipinski definition) is 1. The maximum Gasteiger partial charge on any atom is 0.0994 e. The van der Waals surface area contributed by atoms with E-state index >= 15 is 0 Å². The molecule has 2 rings (SSSR count). The third kappa shape index (κ3) is 17.7. The maximum absolute atomic E-state index is 9.93. The van der Waals surface area contributed by atoms with E-state index in [9.17, 15) is 5.11 Å². The summed E-state index contributed by atoms with van der Waals surface area (Å²) in [6.45, 7) is 2.28. The number of aliphatic hydroxyl groups is 1. The molecule has 0 radical (unpaired) electrons. The second kappa shape index (κ2) is 22.6. The van der Waals surface area contributed by atoms with Gasteiger partial charge < -0.3 is 5.11 Å². The Morgan fingerprint density at radius 2 is 1.07 bits per heavy atom. The van der Waals surface area contributed by atoms with Crippen LogP contribution in [0.15, 0.2) is 66.0 Å². The molecule has 172 valence electrons. The van der Waals surface area contributed by atoms with Crippen LogP contribution in [0, 0.1) is 0 Å². The summed E-state index contributed by atoms with van der Waals surface area (Å²) in [6.07, 6.45) is 29.6. The van der Waals surface area contributed by atoms with E-state index in [1.807, 2.05) is 54.6 Å². The van der Waals surface area contributed by atoms with E-state index in [2.05, 4.69) is 6.92 Å². The molecule has 1 aromatic carbocycles. The monoisotopic (exact) mass is 453 g/mol. The minimum absolute atomic E-state index is 0. The van der Waals surface area contributed by atoms with Gasteiger partial charge in [-0.1, -0.05) is 121 Å². The Bertz CT molecular complexity index is 508. The summed E-state index contributed by atoms with van der Waals surface area (Å²) in [6, 6.07) is 10.0. The van der Waals surface area contributed by atoms with E-state index in [1.165, 1.54) is 89.9 Å². The molecule has 1 aromatic rings. The maximum atomic E-state index is 9.93. The fraction of sp³-hybridized carbons (Fsp3) is 0.607. The van der Waals surface area contributed by atoms with E-state index < -0.39 is 0 Å². The Morgan fingerprint density at radius 3 is 1.43 bits per heavy atom. The fourth-order valence-electron chi connectivity index (χ4n) is 3.70. The molecular weight excluding hydrogens is 408 g/mol. The first-order valence-electron chi connectivity index (χ1n) is 12.3. The van der Waals surface area contributed by atoms with Crippen LogP contribution in [0.1, 0.15) is 110 Å². The molecule has 0 fully saturated rings. The molecule has 1 nitrogen and oxygen atoms in total. The molecule has 0 saturated carbocycles. The molecule has 0 saturated heterocycles. The van der Waals surface area contributed by atoms with Gasteiger partial charge in [0.2, 0.25) is 0 Å². The molecule has 1 aliphatic carbocycles. The van der Waals surface area contributed by atoms with Crippen LogP contribution in [-0.2, 0) is 17.1 Å². The molecule has 30 heavy (non-hydrogen) atoms. The Balaban J connectivity index is 0.00000122. The van der Waals surface area contributed by atoms with Crippen molar-refractivity contribution in [2.45, 2.75) is 110 Å². The molecular formula is C28H45FeO-. The van der Waals surface area contributed by atoms with Crippen molar-refractivity contribution in [3.8, 4) is 0 Å². The van der Waals surface area contributed by atoms with Crippen LogP contribution in [0.4, 0.5) is 0 Å². The van der Waals surface area contributed by atoms with Crippen molar-refractivity contribution in [3.63, 3.8) is 0 Å². The zero-order valence-corrected chi connectivity index (χ0v) is 20.4. The number of allylic oxidation sites excluding steroid dienone is 6. The van der Waals surface area contributed by atoms with Gasteiger partial charge in [0.05, 0.1) is 5.76 Å². The Kier molecular flexibility index (Phi) is 21.7. The standard InChI is InChI=1S/C23H40O.C5H5.Fe/c1-2-3-4-5-6-7-8-9-10-11-12-13-14-15-16-21-23(24)22-19-17-18-20-22;1-2-4-5-3-1;/h17-20,24H,2-16,21H2,1H3;1-5H;/q;-1;. The number of aliphatic hydroxyl groups excluding tert-OH is 1. The Hall–Kier alpha value is -1.11. The van der Waals surface area contributed by atoms with E-state index in [1.54, 1.807) is 0 Å². The van der Waals surface area contributed by atoms with Gasteiger partial charge in [-0.25, -0.2) is 12.1 Å². The average Bonchev–Trinajstić information content (AvgIpc) is 3.47. The molecule has 0 aliphatic heterocycles. The van der Waals surface area contributed by atoms with Gasteiger partial charge in [-0.15, -0.1) is 0 Å². The van der Waals surface area contributed by atoms with Gasteiger partial charge in [0.25, 0.3) is 0 Å². The third-order valence-corrected chi connectivity index (χ3v) is 5.57. The van der Waals surface area contributed by atoms with Crippen molar-refractivity contribution >= 4 is 0 Å². The zero-order chi connectivity index (χ0) is 20.8. The van der Waals surface area contributed by atoms with Crippen molar-refractivity contribution in [2.75, 3.05) is 0 Å². The molecule has 1 aliphatic rings. The van der Waals surface area contributed by atoms with Crippen LogP contribution in [-0.4, -0.2) is 5.11 Å². The summed E-state index contributed by atoms with van der Waals surface area (Å²) < 4.78 is 0. The molecule has 0 aromatic heterocycles. The van der Waals surface area contributed by atoms with Crippen LogP contribution in [0.25, 0.3) is 0 Å². The first-order valence-corrected chi connectivity index (χ1v) is 12.3. The van der Waals surface area contributed by atoms with Crippen molar-refractivity contribution in [1.29, 1.82) is 0 Å². The average molecular weight is 454 g/mol. The quantitative estimate of drug-likeness (QED) is 0.114. The number of unbranched alkanes of at least 4 members (excludes halogenated alkanes) is 14. The summed E-state index contributed by atoms with van der Waals surface area (Å²) in [4.78, 5) is 0. The van der Waals surface area contributed by atoms with Gasteiger partial charge >= 0.3 is 0 Å². The van der Waals surface area contributed by atoms with Crippen LogP contribution in [0.3, 0.4) is 0 Å². The summed E-state index contributed by atoms with van der Waals surface area (Å²) in [7, 11) is 0. The normalized spacial score (nSPS) is 11.8. The van der Waals surface area contributed by atoms with Gasteiger partial charge in [0, 0.05) is 29.1 Å². The predicted molar refractivity (Wildman–Crippen MR) is 130 cm³/mol. The van der Waals surface area contributed by atoms with E-state index in [0.29, 0.717) is 5.76 Å². The number of hydrogen-bond donors (Lipinski definition) is 1. The second-order valence-corrected chi connectivity index (χ2v) is 8.28. The summed E-state index contributed by atoms with van der Waals surface area (Å²) in [5.41, 5.74) is 1.00. The van der Waals surface area contributed by atoms with Crippen molar-refractivity contribution < 1.29 is 22.2 Å². The van der Waals surface area contributed by atoms with Gasteiger partial charge in [0.15, 0.2) is 0 Å². The molecule has 0 heterocycles. The minimum Gasteiger partial charge on any atom is -0.512 e. The number of rotatable bonds is 16. The molecule has 2 heteroatoms. The first kappa shape index (κ1) is 28.9. The predicted octanol–water partition coefficient (Wildman–Crippen LogP) is 9.59. The Morgan fingerprint density at radius 1 is 0.667 bits per heavy atom. The summed E-state index contributed by atoms with van der Waals surface area (Å²) >= 11 is 0. The van der Waals surface area contributed by atoms with Crippen LogP contribution >= 0.6 is 0 Å². The van der Waals surface area contributed by atoms with Crippen molar-refractivity contribution in [2.24, 2.45) is 0 Å². The largest absolute Gasteiger partial charge is 0.512 e. The van der Waals surface area contributed by atoms with Crippen LogP contribution in [0.2, 0.25) is 0 Å². The van der Waals surface area contributed by atoms with Gasteiger partial charge in [0.1, 0.15) is 0 Å². The first-order chi connectivity index (χ1) is 14.3. The van der Waals surface area contributed by atoms with Crippen LogP contribution < -0.4 is 0 Å².